The number of benzene rings is 1. The quantitative estimate of drug-likeness (QED) is 0.464. The molecule has 1 aromatic carbocycles. The van der Waals surface area contributed by atoms with Crippen molar-refractivity contribution in [3.63, 3.8) is 0 Å². The van der Waals surface area contributed by atoms with Crippen molar-refractivity contribution in [3.8, 4) is 0 Å². The van der Waals surface area contributed by atoms with Gasteiger partial charge in [-0.25, -0.2) is 4.98 Å². The van der Waals surface area contributed by atoms with Crippen LogP contribution < -0.4 is 10.6 Å². The molecule has 170 valence electrons. The molecule has 0 aliphatic heterocycles. The summed E-state index contributed by atoms with van der Waals surface area (Å²) in [6.07, 6.45) is -2.34. The van der Waals surface area contributed by atoms with Gasteiger partial charge >= 0.3 is 6.18 Å². The average Bonchev–Trinajstić information content (AvgIpc) is 3.27. The molecule has 2 heterocycles. The highest BCUT2D eigenvalue weighted by Crippen LogP contribution is 2.29. The zero-order chi connectivity index (χ0) is 22.7. The van der Waals surface area contributed by atoms with Crippen LogP contribution in [0.1, 0.15) is 47.6 Å². The third kappa shape index (κ3) is 6.05. The fourth-order valence-corrected chi connectivity index (χ4v) is 3.12. The molecule has 3 aromatic rings. The van der Waals surface area contributed by atoms with Gasteiger partial charge in [-0.05, 0) is 36.5 Å². The van der Waals surface area contributed by atoms with Crippen LogP contribution in [0, 0.1) is 5.92 Å². The summed E-state index contributed by atoms with van der Waals surface area (Å²) in [6, 6.07) is 5.22. The SMILES string of the molecule is O=C(CCC(F)(F)F)NCc1ccc2nc(CNC(=O)c3cnn(CC4CC4)n3)[nH]c2c1. The molecule has 32 heavy (non-hydrogen) atoms. The van der Waals surface area contributed by atoms with Gasteiger partial charge in [0.2, 0.25) is 5.91 Å². The van der Waals surface area contributed by atoms with Crippen LogP contribution in [-0.4, -0.2) is 43.0 Å². The van der Waals surface area contributed by atoms with E-state index in [0.29, 0.717) is 28.3 Å². The number of aromatic amines is 1. The Labute approximate surface area is 180 Å². The third-order valence-corrected chi connectivity index (χ3v) is 5.02. The number of alkyl halides is 3. The second kappa shape index (κ2) is 8.97. The first-order chi connectivity index (χ1) is 15.2. The number of nitrogens with one attached hydrogen (secondary N) is 3. The molecule has 9 nitrogen and oxygen atoms in total. The molecular weight excluding hydrogens is 427 g/mol. The van der Waals surface area contributed by atoms with Crippen LogP contribution in [0.5, 0.6) is 0 Å². The lowest BCUT2D eigenvalue weighted by atomic mass is 10.2. The van der Waals surface area contributed by atoms with E-state index in [1.807, 2.05) is 0 Å². The zero-order valence-corrected chi connectivity index (χ0v) is 17.1. The lowest BCUT2D eigenvalue weighted by Crippen LogP contribution is -2.24. The van der Waals surface area contributed by atoms with Gasteiger partial charge < -0.3 is 15.6 Å². The van der Waals surface area contributed by atoms with E-state index in [1.54, 1.807) is 18.2 Å². The highest BCUT2D eigenvalue weighted by Gasteiger charge is 2.27. The van der Waals surface area contributed by atoms with Crippen LogP contribution in [0.4, 0.5) is 13.2 Å². The van der Waals surface area contributed by atoms with Crippen molar-refractivity contribution in [1.82, 2.24) is 35.6 Å². The van der Waals surface area contributed by atoms with Crippen LogP contribution in [0.15, 0.2) is 24.4 Å². The highest BCUT2D eigenvalue weighted by atomic mass is 19.4. The van der Waals surface area contributed by atoms with E-state index in [9.17, 15) is 22.8 Å². The van der Waals surface area contributed by atoms with Crippen molar-refractivity contribution >= 4 is 22.8 Å². The normalized spacial score (nSPS) is 14.0. The first-order valence-corrected chi connectivity index (χ1v) is 10.2. The number of hydrogen-bond donors (Lipinski definition) is 3. The number of carbonyl (C=O) groups excluding carboxylic acids is 2. The average molecular weight is 449 g/mol. The Hall–Kier alpha value is -3.44. The number of H-pyrrole nitrogens is 1. The van der Waals surface area contributed by atoms with Gasteiger partial charge in [-0.15, -0.1) is 5.10 Å². The predicted molar refractivity (Wildman–Crippen MR) is 107 cm³/mol. The molecule has 2 amide bonds. The Bertz CT molecular complexity index is 1120. The Morgan fingerprint density at radius 3 is 2.75 bits per heavy atom. The lowest BCUT2D eigenvalue weighted by Gasteiger charge is -2.07. The number of amides is 2. The second-order valence-corrected chi connectivity index (χ2v) is 7.84. The number of aromatic nitrogens is 5. The smallest absolute Gasteiger partial charge is 0.352 e. The summed E-state index contributed by atoms with van der Waals surface area (Å²) in [5, 5.41) is 13.5. The topological polar surface area (TPSA) is 118 Å². The van der Waals surface area contributed by atoms with Crippen LogP contribution in [0.25, 0.3) is 11.0 Å². The number of halogens is 3. The Morgan fingerprint density at radius 1 is 1.19 bits per heavy atom. The van der Waals surface area contributed by atoms with Gasteiger partial charge in [-0.2, -0.15) is 23.1 Å². The Kier molecular flexibility index (Phi) is 6.10. The van der Waals surface area contributed by atoms with Crippen LogP contribution >= 0.6 is 0 Å². The van der Waals surface area contributed by atoms with Gasteiger partial charge in [-0.1, -0.05) is 6.07 Å². The summed E-state index contributed by atoms with van der Waals surface area (Å²) in [5.74, 6) is 0.122. The third-order valence-electron chi connectivity index (χ3n) is 5.02. The minimum atomic E-state index is -4.36. The molecular formula is C20H22F3N7O2. The van der Waals surface area contributed by atoms with E-state index in [1.165, 1.54) is 23.8 Å². The van der Waals surface area contributed by atoms with Crippen molar-refractivity contribution in [2.24, 2.45) is 5.92 Å². The zero-order valence-electron chi connectivity index (χ0n) is 17.1. The van der Waals surface area contributed by atoms with Gasteiger partial charge in [0, 0.05) is 13.0 Å². The number of carbonyl (C=O) groups is 2. The van der Waals surface area contributed by atoms with Gasteiger partial charge in [0.05, 0.1) is 36.7 Å². The van der Waals surface area contributed by atoms with Crippen molar-refractivity contribution in [3.05, 3.63) is 41.5 Å². The van der Waals surface area contributed by atoms with Crippen molar-refractivity contribution in [2.45, 2.75) is 51.5 Å². The van der Waals surface area contributed by atoms with Crippen LogP contribution in [0.3, 0.4) is 0 Å². The molecule has 1 aliphatic carbocycles. The molecule has 0 spiro atoms. The van der Waals surface area contributed by atoms with Gasteiger partial charge in [0.1, 0.15) is 5.82 Å². The van der Waals surface area contributed by atoms with Crippen molar-refractivity contribution in [1.29, 1.82) is 0 Å². The summed E-state index contributed by atoms with van der Waals surface area (Å²) in [5.41, 5.74) is 2.30. The molecule has 0 atom stereocenters. The van der Waals surface area contributed by atoms with Crippen molar-refractivity contribution in [2.75, 3.05) is 0 Å². The highest BCUT2D eigenvalue weighted by molar-refractivity contribution is 5.91. The largest absolute Gasteiger partial charge is 0.389 e. The lowest BCUT2D eigenvalue weighted by molar-refractivity contribution is -0.144. The molecule has 4 rings (SSSR count). The Morgan fingerprint density at radius 2 is 2.00 bits per heavy atom. The van der Waals surface area contributed by atoms with E-state index in [0.717, 1.165) is 6.54 Å². The number of imidazole rings is 1. The fraction of sp³-hybridized carbons (Fsp3) is 0.450. The summed E-state index contributed by atoms with van der Waals surface area (Å²) >= 11 is 0. The van der Waals surface area contributed by atoms with E-state index < -0.39 is 24.9 Å². The summed E-state index contributed by atoms with van der Waals surface area (Å²) in [7, 11) is 0. The number of hydrogen-bond acceptors (Lipinski definition) is 5. The molecule has 1 saturated carbocycles. The molecule has 0 radical (unpaired) electrons. The molecule has 12 heteroatoms. The molecule has 0 bridgehead atoms. The molecule has 0 saturated heterocycles. The standard InChI is InChI=1S/C20H22F3N7O2/c21-20(22,23)6-5-18(31)24-8-13-3-4-14-15(7-13)28-17(27-14)10-25-19(32)16-9-26-30(29-16)11-12-1-2-12/h3-4,7,9,12H,1-2,5-6,8,10-11H2,(H,24,31)(H,25,32)(H,27,28). The Balaban J connectivity index is 1.29. The monoisotopic (exact) mass is 449 g/mol. The second-order valence-electron chi connectivity index (χ2n) is 7.84. The van der Waals surface area contributed by atoms with Crippen molar-refractivity contribution < 1.29 is 22.8 Å². The predicted octanol–water partition coefficient (Wildman–Crippen LogP) is 2.45. The van der Waals surface area contributed by atoms with E-state index in [2.05, 4.69) is 30.8 Å². The molecule has 3 N–H and O–H groups in total. The van der Waals surface area contributed by atoms with E-state index in [-0.39, 0.29) is 24.7 Å². The summed E-state index contributed by atoms with van der Waals surface area (Å²) in [4.78, 5) is 32.9. The number of rotatable bonds is 9. The maximum absolute atomic E-state index is 12.3. The molecule has 1 fully saturated rings. The van der Waals surface area contributed by atoms with Crippen LogP contribution in [-0.2, 0) is 24.4 Å². The maximum atomic E-state index is 12.3. The molecule has 1 aliphatic rings. The van der Waals surface area contributed by atoms with E-state index >= 15 is 0 Å². The first-order valence-electron chi connectivity index (χ1n) is 10.2. The number of nitrogens with zero attached hydrogens (tertiary/aromatic N) is 4. The summed E-state index contributed by atoms with van der Waals surface area (Å²) in [6.45, 7) is 0.989. The number of fused-ring (bicyclic) bond motifs is 1. The van der Waals surface area contributed by atoms with Crippen LogP contribution in [0.2, 0.25) is 0 Å². The van der Waals surface area contributed by atoms with E-state index in [4.69, 9.17) is 0 Å². The van der Waals surface area contributed by atoms with Gasteiger partial charge in [0.25, 0.3) is 5.91 Å². The minimum absolute atomic E-state index is 0.105. The first kappa shape index (κ1) is 21.8. The minimum Gasteiger partial charge on any atom is -0.352 e. The maximum Gasteiger partial charge on any atom is 0.389 e. The fourth-order valence-electron chi connectivity index (χ4n) is 3.12. The van der Waals surface area contributed by atoms with Gasteiger partial charge in [-0.3, -0.25) is 9.59 Å². The molecule has 2 aromatic heterocycles. The molecule has 0 unspecified atom stereocenters. The summed E-state index contributed by atoms with van der Waals surface area (Å²) < 4.78 is 36.6. The van der Waals surface area contributed by atoms with Gasteiger partial charge in [0.15, 0.2) is 5.69 Å².